The first-order valence-electron chi connectivity index (χ1n) is 6.64. The number of nitrogens with zero attached hydrogens (tertiary/aromatic N) is 4. The molecule has 0 aliphatic rings. The standard InChI is InChI=1S/C13H17N5O3/c1-4-20-12(19)10-7-15-13(16-8(10)2)14-6-5-11-17-9(3)21-18-11/h7H,4-6H2,1-3H3,(H,14,15,16). The molecule has 0 saturated carbocycles. The molecule has 112 valence electrons. The predicted octanol–water partition coefficient (Wildman–Crippen LogP) is 1.31. The molecule has 0 unspecified atom stereocenters. The first-order valence-corrected chi connectivity index (χ1v) is 6.64. The number of anilines is 1. The number of ether oxygens (including phenoxy) is 1. The van der Waals surface area contributed by atoms with Crippen LogP contribution < -0.4 is 5.32 Å². The molecule has 0 bridgehead atoms. The molecule has 2 rings (SSSR count). The average Bonchev–Trinajstić information content (AvgIpc) is 2.85. The number of carbonyl (C=O) groups excluding carboxylic acids is 1. The minimum absolute atomic E-state index is 0.322. The second kappa shape index (κ2) is 6.78. The zero-order valence-electron chi connectivity index (χ0n) is 12.2. The van der Waals surface area contributed by atoms with Crippen molar-refractivity contribution in [3.8, 4) is 0 Å². The number of rotatable bonds is 6. The summed E-state index contributed by atoms with van der Waals surface area (Å²) in [5.74, 6) is 1.19. The summed E-state index contributed by atoms with van der Waals surface area (Å²) in [4.78, 5) is 24.0. The number of hydrogen-bond donors (Lipinski definition) is 1. The van der Waals surface area contributed by atoms with Gasteiger partial charge in [0.25, 0.3) is 0 Å². The van der Waals surface area contributed by atoms with Gasteiger partial charge in [-0.2, -0.15) is 4.98 Å². The minimum Gasteiger partial charge on any atom is -0.462 e. The lowest BCUT2D eigenvalue weighted by molar-refractivity contribution is 0.0524. The summed E-state index contributed by atoms with van der Waals surface area (Å²) in [6.45, 7) is 6.12. The molecule has 0 aromatic carbocycles. The van der Waals surface area contributed by atoms with Crippen molar-refractivity contribution >= 4 is 11.9 Å². The van der Waals surface area contributed by atoms with Crippen molar-refractivity contribution in [2.45, 2.75) is 27.2 Å². The molecule has 0 atom stereocenters. The van der Waals surface area contributed by atoms with Crippen LogP contribution in [0, 0.1) is 13.8 Å². The van der Waals surface area contributed by atoms with Crippen molar-refractivity contribution in [3.05, 3.63) is 29.2 Å². The number of carbonyl (C=O) groups is 1. The summed E-state index contributed by atoms with van der Waals surface area (Å²) in [6, 6.07) is 0. The Kier molecular flexibility index (Phi) is 4.81. The fraction of sp³-hybridized carbons (Fsp3) is 0.462. The number of esters is 1. The summed E-state index contributed by atoms with van der Waals surface area (Å²) in [7, 11) is 0. The lowest BCUT2D eigenvalue weighted by Gasteiger charge is -2.07. The van der Waals surface area contributed by atoms with E-state index in [1.54, 1.807) is 20.8 Å². The maximum absolute atomic E-state index is 11.6. The third-order valence-electron chi connectivity index (χ3n) is 2.68. The van der Waals surface area contributed by atoms with Gasteiger partial charge in [-0.25, -0.2) is 14.8 Å². The topological polar surface area (TPSA) is 103 Å². The van der Waals surface area contributed by atoms with Crippen LogP contribution in [-0.4, -0.2) is 39.2 Å². The van der Waals surface area contributed by atoms with E-state index in [4.69, 9.17) is 9.26 Å². The molecule has 2 heterocycles. The first-order chi connectivity index (χ1) is 10.1. The lowest BCUT2D eigenvalue weighted by atomic mass is 10.2. The van der Waals surface area contributed by atoms with Gasteiger partial charge in [-0.3, -0.25) is 0 Å². The van der Waals surface area contributed by atoms with Gasteiger partial charge in [-0.05, 0) is 13.8 Å². The second-order valence-electron chi connectivity index (χ2n) is 4.32. The van der Waals surface area contributed by atoms with Crippen molar-refractivity contribution in [1.82, 2.24) is 20.1 Å². The molecule has 0 radical (unpaired) electrons. The van der Waals surface area contributed by atoms with Crippen LogP contribution in [-0.2, 0) is 11.2 Å². The molecule has 0 aliphatic heterocycles. The SMILES string of the molecule is CCOC(=O)c1cnc(NCCc2noc(C)n2)nc1C. The smallest absolute Gasteiger partial charge is 0.341 e. The van der Waals surface area contributed by atoms with Crippen LogP contribution in [0.2, 0.25) is 0 Å². The Balaban J connectivity index is 1.92. The Morgan fingerprint density at radius 3 is 2.81 bits per heavy atom. The van der Waals surface area contributed by atoms with Gasteiger partial charge in [-0.1, -0.05) is 5.16 Å². The van der Waals surface area contributed by atoms with Crippen molar-refractivity contribution in [2.24, 2.45) is 0 Å². The summed E-state index contributed by atoms with van der Waals surface area (Å²) in [5, 5.41) is 6.84. The van der Waals surface area contributed by atoms with Gasteiger partial charge >= 0.3 is 5.97 Å². The van der Waals surface area contributed by atoms with E-state index in [2.05, 4.69) is 25.4 Å². The minimum atomic E-state index is -0.413. The highest BCUT2D eigenvalue weighted by Crippen LogP contribution is 2.08. The monoisotopic (exact) mass is 291 g/mol. The Labute approximate surface area is 121 Å². The van der Waals surface area contributed by atoms with E-state index in [1.807, 2.05) is 0 Å². The van der Waals surface area contributed by atoms with Crippen LogP contribution in [0.15, 0.2) is 10.7 Å². The zero-order valence-corrected chi connectivity index (χ0v) is 12.2. The molecular formula is C13H17N5O3. The van der Waals surface area contributed by atoms with Gasteiger partial charge in [0.05, 0.1) is 17.9 Å². The van der Waals surface area contributed by atoms with Crippen molar-refractivity contribution < 1.29 is 14.1 Å². The molecule has 0 fully saturated rings. The molecular weight excluding hydrogens is 274 g/mol. The fourth-order valence-electron chi connectivity index (χ4n) is 1.69. The zero-order chi connectivity index (χ0) is 15.2. The van der Waals surface area contributed by atoms with Crippen molar-refractivity contribution in [3.63, 3.8) is 0 Å². The van der Waals surface area contributed by atoms with Crippen molar-refractivity contribution in [2.75, 3.05) is 18.5 Å². The van der Waals surface area contributed by atoms with Crippen LogP contribution in [0.4, 0.5) is 5.95 Å². The average molecular weight is 291 g/mol. The van der Waals surface area contributed by atoms with Crippen LogP contribution in [0.1, 0.15) is 34.7 Å². The fourth-order valence-corrected chi connectivity index (χ4v) is 1.69. The largest absolute Gasteiger partial charge is 0.462 e. The second-order valence-corrected chi connectivity index (χ2v) is 4.32. The van der Waals surface area contributed by atoms with Gasteiger partial charge in [0.1, 0.15) is 0 Å². The van der Waals surface area contributed by atoms with Crippen molar-refractivity contribution in [1.29, 1.82) is 0 Å². The Morgan fingerprint density at radius 2 is 2.19 bits per heavy atom. The van der Waals surface area contributed by atoms with Crippen LogP contribution in [0.25, 0.3) is 0 Å². The highest BCUT2D eigenvalue weighted by atomic mass is 16.5. The summed E-state index contributed by atoms with van der Waals surface area (Å²) < 4.78 is 9.80. The normalized spacial score (nSPS) is 10.4. The van der Waals surface area contributed by atoms with E-state index in [0.29, 0.717) is 48.5 Å². The molecule has 2 aromatic rings. The molecule has 2 aromatic heterocycles. The molecule has 8 nitrogen and oxygen atoms in total. The Bertz CT molecular complexity index is 626. The molecule has 0 amide bonds. The molecule has 1 N–H and O–H groups in total. The van der Waals surface area contributed by atoms with Gasteiger partial charge in [-0.15, -0.1) is 0 Å². The molecule has 0 spiro atoms. The van der Waals surface area contributed by atoms with E-state index in [9.17, 15) is 4.79 Å². The maximum atomic E-state index is 11.6. The third-order valence-corrected chi connectivity index (χ3v) is 2.68. The van der Waals surface area contributed by atoms with Gasteiger partial charge in [0.15, 0.2) is 5.82 Å². The predicted molar refractivity (Wildman–Crippen MR) is 74.0 cm³/mol. The number of hydrogen-bond acceptors (Lipinski definition) is 8. The maximum Gasteiger partial charge on any atom is 0.341 e. The van der Waals surface area contributed by atoms with Crippen LogP contribution in [0.5, 0.6) is 0 Å². The summed E-state index contributed by atoms with van der Waals surface area (Å²) in [5.41, 5.74) is 0.942. The number of nitrogens with one attached hydrogen (secondary N) is 1. The molecule has 21 heavy (non-hydrogen) atoms. The first kappa shape index (κ1) is 14.9. The van der Waals surface area contributed by atoms with Gasteiger partial charge in [0.2, 0.25) is 11.8 Å². The van der Waals surface area contributed by atoms with E-state index in [0.717, 1.165) is 0 Å². The van der Waals surface area contributed by atoms with Gasteiger partial charge < -0.3 is 14.6 Å². The molecule has 8 heteroatoms. The highest BCUT2D eigenvalue weighted by Gasteiger charge is 2.12. The number of aryl methyl sites for hydroxylation is 2. The van der Waals surface area contributed by atoms with E-state index in [-0.39, 0.29) is 0 Å². The number of aromatic nitrogens is 4. The lowest BCUT2D eigenvalue weighted by Crippen LogP contribution is -2.13. The van der Waals surface area contributed by atoms with E-state index >= 15 is 0 Å². The Hall–Kier alpha value is -2.51. The van der Waals surface area contributed by atoms with Crippen LogP contribution in [0.3, 0.4) is 0 Å². The van der Waals surface area contributed by atoms with Crippen LogP contribution >= 0.6 is 0 Å². The highest BCUT2D eigenvalue weighted by molar-refractivity contribution is 5.90. The van der Waals surface area contributed by atoms with E-state index < -0.39 is 5.97 Å². The Morgan fingerprint density at radius 1 is 1.38 bits per heavy atom. The van der Waals surface area contributed by atoms with E-state index in [1.165, 1.54) is 6.20 Å². The molecule has 0 aliphatic carbocycles. The molecule has 0 saturated heterocycles. The summed E-state index contributed by atoms with van der Waals surface area (Å²) >= 11 is 0. The quantitative estimate of drug-likeness (QED) is 0.794. The van der Waals surface area contributed by atoms with Gasteiger partial charge in [0, 0.05) is 26.1 Å². The summed E-state index contributed by atoms with van der Waals surface area (Å²) in [6.07, 6.45) is 2.06. The third kappa shape index (κ3) is 3.98.